The maximum absolute atomic E-state index is 11.8. The molecule has 0 radical (unpaired) electrons. The summed E-state index contributed by atoms with van der Waals surface area (Å²) in [7, 11) is 1.40. The molecule has 0 saturated heterocycles. The van der Waals surface area contributed by atoms with Crippen LogP contribution in [-0.4, -0.2) is 41.2 Å². The van der Waals surface area contributed by atoms with E-state index < -0.39 is 0 Å². The summed E-state index contributed by atoms with van der Waals surface area (Å²) >= 11 is 0. The van der Waals surface area contributed by atoms with Gasteiger partial charge in [0.15, 0.2) is 0 Å². The molecule has 0 atom stereocenters. The van der Waals surface area contributed by atoms with E-state index >= 15 is 0 Å². The molecular formula is C18H27N3O3. The van der Waals surface area contributed by atoms with E-state index in [0.717, 1.165) is 43.4 Å². The molecule has 1 amide bonds. The van der Waals surface area contributed by atoms with Crippen molar-refractivity contribution < 1.29 is 14.3 Å². The third kappa shape index (κ3) is 5.22. The zero-order chi connectivity index (χ0) is 17.2. The molecule has 6 heteroatoms. The van der Waals surface area contributed by atoms with Gasteiger partial charge in [-0.3, -0.25) is 4.90 Å². The van der Waals surface area contributed by atoms with Crippen molar-refractivity contribution >= 4 is 11.7 Å². The van der Waals surface area contributed by atoms with Crippen LogP contribution in [-0.2, 0) is 4.74 Å². The van der Waals surface area contributed by atoms with Crippen molar-refractivity contribution in [3.05, 3.63) is 24.3 Å². The number of unbranched alkanes of at least 4 members (excludes halogenated alkanes) is 3. The molecule has 0 aromatic carbocycles. The average molecular weight is 333 g/mol. The van der Waals surface area contributed by atoms with Gasteiger partial charge in [-0.05, 0) is 31.3 Å². The highest BCUT2D eigenvalue weighted by atomic mass is 16.5. The summed E-state index contributed by atoms with van der Waals surface area (Å²) in [6, 6.07) is 0. The number of methoxy groups -OCH3 is 1. The quantitative estimate of drug-likeness (QED) is 0.705. The number of carbonyl (C=O) groups is 1. The minimum atomic E-state index is -0.347. The van der Waals surface area contributed by atoms with Gasteiger partial charge in [-0.1, -0.05) is 26.2 Å². The predicted octanol–water partition coefficient (Wildman–Crippen LogP) is 4.03. The zero-order valence-electron chi connectivity index (χ0n) is 14.7. The van der Waals surface area contributed by atoms with Crippen LogP contribution < -0.4 is 4.74 Å². The lowest BCUT2D eigenvalue weighted by atomic mass is 10.1. The number of hydrogen-bond donors (Lipinski definition) is 0. The summed E-state index contributed by atoms with van der Waals surface area (Å²) in [5, 5.41) is 0. The first-order valence-electron chi connectivity index (χ1n) is 8.75. The average Bonchev–Trinajstić information content (AvgIpc) is 2.87. The lowest BCUT2D eigenvalue weighted by Crippen LogP contribution is -2.26. The highest BCUT2D eigenvalue weighted by Crippen LogP contribution is 2.28. The summed E-state index contributed by atoms with van der Waals surface area (Å²) in [6.07, 6.45) is 12.1. The van der Waals surface area contributed by atoms with Crippen LogP contribution in [0.1, 0.15) is 57.6 Å². The van der Waals surface area contributed by atoms with Gasteiger partial charge in [0, 0.05) is 25.1 Å². The lowest BCUT2D eigenvalue weighted by Gasteiger charge is -2.16. The molecule has 2 heterocycles. The molecule has 0 unspecified atom stereocenters. The molecule has 6 nitrogen and oxygen atoms in total. The topological polar surface area (TPSA) is 64.6 Å². The predicted molar refractivity (Wildman–Crippen MR) is 92.6 cm³/mol. The Morgan fingerprint density at radius 3 is 2.83 bits per heavy atom. The van der Waals surface area contributed by atoms with Gasteiger partial charge in [-0.15, -0.1) is 0 Å². The van der Waals surface area contributed by atoms with Crippen LogP contribution in [0.5, 0.6) is 5.88 Å². The van der Waals surface area contributed by atoms with E-state index in [1.165, 1.54) is 20.0 Å². The molecular weight excluding hydrogens is 306 g/mol. The first kappa shape index (κ1) is 18.2. The van der Waals surface area contributed by atoms with Crippen molar-refractivity contribution in [2.75, 3.05) is 20.3 Å². The van der Waals surface area contributed by atoms with E-state index in [-0.39, 0.29) is 6.09 Å². The second-order valence-electron chi connectivity index (χ2n) is 5.89. The van der Waals surface area contributed by atoms with Crippen LogP contribution in [0.25, 0.3) is 5.57 Å². The Morgan fingerprint density at radius 2 is 2.04 bits per heavy atom. The minimum absolute atomic E-state index is 0.347. The molecule has 0 N–H and O–H groups in total. The van der Waals surface area contributed by atoms with Crippen LogP contribution >= 0.6 is 0 Å². The molecule has 0 spiro atoms. The summed E-state index contributed by atoms with van der Waals surface area (Å²) in [4.78, 5) is 22.2. The number of ether oxygens (including phenoxy) is 2. The van der Waals surface area contributed by atoms with Gasteiger partial charge in [-0.2, -0.15) is 0 Å². The van der Waals surface area contributed by atoms with Crippen LogP contribution in [0.2, 0.25) is 0 Å². The Balaban J connectivity index is 2.11. The summed E-state index contributed by atoms with van der Waals surface area (Å²) < 4.78 is 10.7. The van der Waals surface area contributed by atoms with Gasteiger partial charge in [0.2, 0.25) is 5.88 Å². The Bertz CT molecular complexity index is 560. The van der Waals surface area contributed by atoms with Crippen LogP contribution in [0.4, 0.5) is 4.79 Å². The number of hydrogen-bond acceptors (Lipinski definition) is 5. The van der Waals surface area contributed by atoms with Crippen molar-refractivity contribution in [2.24, 2.45) is 0 Å². The van der Waals surface area contributed by atoms with E-state index in [1.54, 1.807) is 17.3 Å². The molecule has 1 aliphatic heterocycles. The van der Waals surface area contributed by atoms with Crippen LogP contribution in [0.15, 0.2) is 18.6 Å². The SMILES string of the molecule is CCCCCCOc1nccnc1C1=CN(C(=O)OC)CCCC1. The fourth-order valence-corrected chi connectivity index (χ4v) is 2.70. The van der Waals surface area contributed by atoms with Crippen LogP contribution in [0, 0.1) is 0 Å². The van der Waals surface area contributed by atoms with Gasteiger partial charge < -0.3 is 9.47 Å². The zero-order valence-corrected chi connectivity index (χ0v) is 14.7. The van der Waals surface area contributed by atoms with Crippen LogP contribution in [0.3, 0.4) is 0 Å². The number of nitrogens with zero attached hydrogens (tertiary/aromatic N) is 3. The standard InChI is InChI=1S/C18H27N3O3/c1-3-4-5-8-13-24-17-16(19-10-11-20-17)15-9-6-7-12-21(14-15)18(22)23-2/h10-11,14H,3-9,12-13H2,1-2H3. The van der Waals surface area contributed by atoms with Gasteiger partial charge in [-0.25, -0.2) is 14.8 Å². The molecule has 0 saturated carbocycles. The first-order valence-corrected chi connectivity index (χ1v) is 8.75. The van der Waals surface area contributed by atoms with Crippen molar-refractivity contribution in [2.45, 2.75) is 51.9 Å². The van der Waals surface area contributed by atoms with Gasteiger partial charge in [0.05, 0.1) is 13.7 Å². The third-order valence-corrected chi connectivity index (χ3v) is 4.02. The number of carbonyl (C=O) groups excluding carboxylic acids is 1. The normalized spacial score (nSPS) is 14.8. The Morgan fingerprint density at radius 1 is 1.21 bits per heavy atom. The molecule has 0 aliphatic carbocycles. The van der Waals surface area contributed by atoms with E-state index in [1.807, 2.05) is 6.20 Å². The number of allylic oxidation sites excluding steroid dienone is 1. The molecule has 1 aliphatic rings. The second kappa shape index (κ2) is 9.90. The van der Waals surface area contributed by atoms with E-state index in [0.29, 0.717) is 19.0 Å². The highest BCUT2D eigenvalue weighted by molar-refractivity contribution is 5.74. The maximum atomic E-state index is 11.8. The van der Waals surface area contributed by atoms with E-state index in [2.05, 4.69) is 16.9 Å². The molecule has 2 rings (SSSR count). The van der Waals surface area contributed by atoms with Gasteiger partial charge in [0.25, 0.3) is 0 Å². The Labute approximate surface area is 143 Å². The van der Waals surface area contributed by atoms with E-state index in [4.69, 9.17) is 9.47 Å². The third-order valence-electron chi connectivity index (χ3n) is 4.02. The molecule has 1 aromatic rings. The molecule has 1 aromatic heterocycles. The highest BCUT2D eigenvalue weighted by Gasteiger charge is 2.19. The molecule has 132 valence electrons. The van der Waals surface area contributed by atoms with Crippen molar-refractivity contribution in [1.29, 1.82) is 0 Å². The maximum Gasteiger partial charge on any atom is 0.413 e. The summed E-state index contributed by atoms with van der Waals surface area (Å²) in [6.45, 7) is 3.48. The minimum Gasteiger partial charge on any atom is -0.476 e. The Kier molecular flexibility index (Phi) is 7.52. The monoisotopic (exact) mass is 333 g/mol. The number of rotatable bonds is 7. The number of aromatic nitrogens is 2. The van der Waals surface area contributed by atoms with Gasteiger partial charge >= 0.3 is 6.09 Å². The van der Waals surface area contributed by atoms with Crippen molar-refractivity contribution in [3.8, 4) is 5.88 Å². The van der Waals surface area contributed by atoms with E-state index in [9.17, 15) is 4.79 Å². The Hall–Kier alpha value is -2.11. The molecule has 0 bridgehead atoms. The largest absolute Gasteiger partial charge is 0.476 e. The van der Waals surface area contributed by atoms with Gasteiger partial charge in [0.1, 0.15) is 5.69 Å². The number of amides is 1. The first-order chi connectivity index (χ1) is 11.8. The molecule has 0 fully saturated rings. The van der Waals surface area contributed by atoms with Crippen molar-refractivity contribution in [3.63, 3.8) is 0 Å². The fraction of sp³-hybridized carbons (Fsp3) is 0.611. The van der Waals surface area contributed by atoms with Crippen molar-refractivity contribution in [1.82, 2.24) is 14.9 Å². The lowest BCUT2D eigenvalue weighted by molar-refractivity contribution is 0.140. The smallest absolute Gasteiger partial charge is 0.413 e. The summed E-state index contributed by atoms with van der Waals surface area (Å²) in [5.74, 6) is 0.548. The second-order valence-corrected chi connectivity index (χ2v) is 5.89. The molecule has 24 heavy (non-hydrogen) atoms. The summed E-state index contributed by atoms with van der Waals surface area (Å²) in [5.41, 5.74) is 1.69. The fourth-order valence-electron chi connectivity index (χ4n) is 2.70.